The molecule has 1 aromatic rings. The number of rotatable bonds is 6. The zero-order valence-corrected chi connectivity index (χ0v) is 15.9. The molecule has 0 aliphatic carbocycles. The number of likely N-dealkylation sites (tertiary alicyclic amines) is 1. The van der Waals surface area contributed by atoms with E-state index in [4.69, 9.17) is 4.98 Å². The molecule has 0 aromatic carbocycles. The second kappa shape index (κ2) is 8.14. The standard InChI is InChI=1S/C20H35N3/c1-15(2)14-22-12-8-7-9-19(22)18-10-11-20(21-13-18)23(16(3)4)17(5)6/h10-11,13,15-17,19H,7-9,12,14H2,1-6H3. The van der Waals surface area contributed by atoms with Crippen molar-refractivity contribution in [3.63, 3.8) is 0 Å². The Morgan fingerprint density at radius 1 is 1.09 bits per heavy atom. The quantitative estimate of drug-likeness (QED) is 0.745. The highest BCUT2D eigenvalue weighted by Gasteiger charge is 2.25. The second-order valence-corrected chi connectivity index (χ2v) is 7.94. The summed E-state index contributed by atoms with van der Waals surface area (Å²) in [6.45, 7) is 16.0. The van der Waals surface area contributed by atoms with E-state index in [0.29, 0.717) is 18.1 Å². The molecule has 0 saturated carbocycles. The molecule has 23 heavy (non-hydrogen) atoms. The highest BCUT2D eigenvalue weighted by atomic mass is 15.2. The number of hydrogen-bond donors (Lipinski definition) is 0. The smallest absolute Gasteiger partial charge is 0.128 e. The van der Waals surface area contributed by atoms with Gasteiger partial charge in [-0.05, 0) is 64.6 Å². The highest BCUT2D eigenvalue weighted by Crippen LogP contribution is 2.32. The Bertz CT molecular complexity index is 456. The first-order chi connectivity index (χ1) is 10.9. The van der Waals surface area contributed by atoms with Gasteiger partial charge in [-0.2, -0.15) is 0 Å². The van der Waals surface area contributed by atoms with Crippen LogP contribution in [0.4, 0.5) is 5.82 Å². The Morgan fingerprint density at radius 3 is 2.30 bits per heavy atom. The van der Waals surface area contributed by atoms with Crippen molar-refractivity contribution in [3.05, 3.63) is 23.9 Å². The highest BCUT2D eigenvalue weighted by molar-refractivity contribution is 5.41. The van der Waals surface area contributed by atoms with Crippen LogP contribution in [0.3, 0.4) is 0 Å². The molecule has 1 aliphatic rings. The predicted octanol–water partition coefficient (Wildman–Crippen LogP) is 4.89. The number of nitrogens with zero attached hydrogens (tertiary/aromatic N) is 3. The van der Waals surface area contributed by atoms with Crippen molar-refractivity contribution >= 4 is 5.82 Å². The summed E-state index contributed by atoms with van der Waals surface area (Å²) in [5, 5.41) is 0. The molecule has 1 atom stereocenters. The molecular formula is C20H35N3. The normalized spacial score (nSPS) is 19.8. The first-order valence-electron chi connectivity index (χ1n) is 9.38. The Balaban J connectivity index is 2.17. The molecule has 1 aromatic heterocycles. The van der Waals surface area contributed by atoms with Gasteiger partial charge >= 0.3 is 0 Å². The lowest BCUT2D eigenvalue weighted by molar-refractivity contribution is 0.132. The van der Waals surface area contributed by atoms with E-state index in [1.165, 1.54) is 37.9 Å². The third-order valence-electron chi connectivity index (χ3n) is 4.75. The molecule has 2 rings (SSSR count). The van der Waals surface area contributed by atoms with Crippen molar-refractivity contribution in [2.75, 3.05) is 18.0 Å². The molecule has 2 heterocycles. The summed E-state index contributed by atoms with van der Waals surface area (Å²) < 4.78 is 0. The molecule has 3 nitrogen and oxygen atoms in total. The number of aromatic nitrogens is 1. The van der Waals surface area contributed by atoms with Gasteiger partial charge in [-0.25, -0.2) is 4.98 Å². The summed E-state index contributed by atoms with van der Waals surface area (Å²) in [5.41, 5.74) is 1.39. The van der Waals surface area contributed by atoms with Gasteiger partial charge in [-0.3, -0.25) is 4.90 Å². The van der Waals surface area contributed by atoms with Gasteiger partial charge in [0.05, 0.1) is 0 Å². The van der Waals surface area contributed by atoms with Crippen molar-refractivity contribution in [1.29, 1.82) is 0 Å². The maximum atomic E-state index is 4.81. The van der Waals surface area contributed by atoms with Crippen LogP contribution in [0.2, 0.25) is 0 Å². The van der Waals surface area contributed by atoms with Crippen LogP contribution in [-0.2, 0) is 0 Å². The molecule has 0 spiro atoms. The third-order valence-corrected chi connectivity index (χ3v) is 4.75. The second-order valence-electron chi connectivity index (χ2n) is 7.94. The molecular weight excluding hydrogens is 282 g/mol. The monoisotopic (exact) mass is 317 g/mol. The summed E-state index contributed by atoms with van der Waals surface area (Å²) in [5.74, 6) is 1.82. The average Bonchev–Trinajstić information content (AvgIpc) is 2.47. The van der Waals surface area contributed by atoms with Crippen LogP contribution in [0.25, 0.3) is 0 Å². The molecule has 0 amide bonds. The van der Waals surface area contributed by atoms with Gasteiger partial charge in [0.2, 0.25) is 0 Å². The predicted molar refractivity (Wildman–Crippen MR) is 100.0 cm³/mol. The van der Waals surface area contributed by atoms with E-state index in [9.17, 15) is 0 Å². The molecule has 0 radical (unpaired) electrons. The van der Waals surface area contributed by atoms with Crippen molar-refractivity contribution in [2.45, 2.75) is 78.9 Å². The molecule has 0 N–H and O–H groups in total. The van der Waals surface area contributed by atoms with Gasteiger partial charge in [0.25, 0.3) is 0 Å². The van der Waals surface area contributed by atoms with Crippen LogP contribution in [0.5, 0.6) is 0 Å². The SMILES string of the molecule is CC(C)CN1CCCCC1c1ccc(N(C(C)C)C(C)C)nc1. The summed E-state index contributed by atoms with van der Waals surface area (Å²) in [6.07, 6.45) is 6.07. The number of piperidine rings is 1. The van der Waals surface area contributed by atoms with E-state index in [-0.39, 0.29) is 0 Å². The van der Waals surface area contributed by atoms with Crippen molar-refractivity contribution in [1.82, 2.24) is 9.88 Å². The Morgan fingerprint density at radius 2 is 1.78 bits per heavy atom. The fourth-order valence-electron chi connectivity index (χ4n) is 3.93. The number of hydrogen-bond acceptors (Lipinski definition) is 3. The van der Waals surface area contributed by atoms with Crippen LogP contribution in [0, 0.1) is 5.92 Å². The van der Waals surface area contributed by atoms with E-state index < -0.39 is 0 Å². The largest absolute Gasteiger partial charge is 0.352 e. The molecule has 130 valence electrons. The Labute approximate surface area is 143 Å². The van der Waals surface area contributed by atoms with Crippen LogP contribution >= 0.6 is 0 Å². The van der Waals surface area contributed by atoms with Gasteiger partial charge in [0.15, 0.2) is 0 Å². The van der Waals surface area contributed by atoms with Crippen molar-refractivity contribution < 1.29 is 0 Å². The van der Waals surface area contributed by atoms with E-state index in [1.807, 2.05) is 0 Å². The van der Waals surface area contributed by atoms with E-state index in [0.717, 1.165) is 11.7 Å². The maximum Gasteiger partial charge on any atom is 0.128 e. The van der Waals surface area contributed by atoms with Gasteiger partial charge < -0.3 is 4.90 Å². The molecule has 1 saturated heterocycles. The van der Waals surface area contributed by atoms with Gasteiger partial charge in [0.1, 0.15) is 5.82 Å². The van der Waals surface area contributed by atoms with Gasteiger partial charge in [0, 0.05) is 30.9 Å². The summed E-state index contributed by atoms with van der Waals surface area (Å²) in [7, 11) is 0. The number of pyridine rings is 1. The van der Waals surface area contributed by atoms with Gasteiger partial charge in [-0.1, -0.05) is 26.3 Å². The van der Waals surface area contributed by atoms with E-state index in [2.05, 4.69) is 69.7 Å². The molecule has 1 fully saturated rings. The van der Waals surface area contributed by atoms with E-state index in [1.54, 1.807) is 0 Å². The zero-order valence-electron chi connectivity index (χ0n) is 15.9. The lowest BCUT2D eigenvalue weighted by atomic mass is 9.95. The fourth-order valence-corrected chi connectivity index (χ4v) is 3.93. The first kappa shape index (κ1) is 18.3. The lowest BCUT2D eigenvalue weighted by Gasteiger charge is -2.37. The van der Waals surface area contributed by atoms with Gasteiger partial charge in [-0.15, -0.1) is 0 Å². The van der Waals surface area contributed by atoms with Crippen LogP contribution < -0.4 is 4.90 Å². The Hall–Kier alpha value is -1.09. The van der Waals surface area contributed by atoms with Crippen LogP contribution in [0.15, 0.2) is 18.3 Å². The molecule has 1 unspecified atom stereocenters. The summed E-state index contributed by atoms with van der Waals surface area (Å²) >= 11 is 0. The summed E-state index contributed by atoms with van der Waals surface area (Å²) in [6, 6.07) is 6.03. The fraction of sp³-hybridized carbons (Fsp3) is 0.750. The Kier molecular flexibility index (Phi) is 6.46. The first-order valence-corrected chi connectivity index (χ1v) is 9.38. The minimum atomic E-state index is 0.473. The minimum Gasteiger partial charge on any atom is -0.352 e. The number of anilines is 1. The topological polar surface area (TPSA) is 19.4 Å². The summed E-state index contributed by atoms with van der Waals surface area (Å²) in [4.78, 5) is 9.86. The van der Waals surface area contributed by atoms with Crippen LogP contribution in [0.1, 0.15) is 72.4 Å². The van der Waals surface area contributed by atoms with Crippen molar-refractivity contribution in [3.8, 4) is 0 Å². The van der Waals surface area contributed by atoms with Crippen molar-refractivity contribution in [2.24, 2.45) is 5.92 Å². The van der Waals surface area contributed by atoms with Crippen LogP contribution in [-0.4, -0.2) is 35.1 Å². The lowest BCUT2D eigenvalue weighted by Crippen LogP contribution is -2.38. The van der Waals surface area contributed by atoms with E-state index >= 15 is 0 Å². The average molecular weight is 318 g/mol. The maximum absolute atomic E-state index is 4.81. The zero-order chi connectivity index (χ0) is 17.0. The molecule has 3 heteroatoms. The molecule has 0 bridgehead atoms. The minimum absolute atomic E-state index is 0.473. The molecule has 1 aliphatic heterocycles. The third kappa shape index (κ3) is 4.69.